The molecule has 0 unspecified atom stereocenters. The lowest BCUT2D eigenvalue weighted by atomic mass is 10.1. The summed E-state index contributed by atoms with van der Waals surface area (Å²) in [6.07, 6.45) is -2.50. The van der Waals surface area contributed by atoms with Crippen LogP contribution >= 0.6 is 0 Å². The number of morpholine rings is 1. The Hall–Kier alpha value is -2.46. The van der Waals surface area contributed by atoms with Gasteiger partial charge in [0, 0.05) is 13.1 Å². The fourth-order valence-corrected chi connectivity index (χ4v) is 2.35. The molecule has 2 aromatic rings. The molecule has 0 aliphatic carbocycles. The molecule has 0 radical (unpaired) electrons. The number of ether oxygens (including phenoxy) is 2. The van der Waals surface area contributed by atoms with E-state index in [1.165, 1.54) is 12.1 Å². The Balaban J connectivity index is 1.63. The third-order valence-electron chi connectivity index (χ3n) is 3.57. The van der Waals surface area contributed by atoms with Gasteiger partial charge in [-0.1, -0.05) is 6.07 Å². The van der Waals surface area contributed by atoms with E-state index in [9.17, 15) is 17.6 Å². The predicted octanol–water partition coefficient (Wildman–Crippen LogP) is 2.96. The van der Waals surface area contributed by atoms with Crippen molar-refractivity contribution in [3.05, 3.63) is 42.0 Å². The molecule has 0 spiro atoms. The minimum absolute atomic E-state index is 0.0339. The number of hydrogen-bond donors (Lipinski definition) is 2. The lowest BCUT2D eigenvalue weighted by Crippen LogP contribution is -2.33. The van der Waals surface area contributed by atoms with Crippen LogP contribution in [0.25, 0.3) is 0 Å². The van der Waals surface area contributed by atoms with Gasteiger partial charge in [-0.2, -0.15) is 13.2 Å². The molecule has 1 aliphatic heterocycles. The highest BCUT2D eigenvalue weighted by molar-refractivity contribution is 5.55. The van der Waals surface area contributed by atoms with Crippen molar-refractivity contribution in [1.82, 2.24) is 15.3 Å². The Morgan fingerprint density at radius 2 is 2.04 bits per heavy atom. The van der Waals surface area contributed by atoms with E-state index in [4.69, 9.17) is 4.74 Å². The maximum absolute atomic E-state index is 14.3. The summed E-state index contributed by atoms with van der Waals surface area (Å²) < 4.78 is 60.6. The molecule has 1 aliphatic rings. The minimum Gasteiger partial charge on any atom is -0.481 e. The zero-order valence-corrected chi connectivity index (χ0v) is 13.5. The van der Waals surface area contributed by atoms with Gasteiger partial charge in [0.2, 0.25) is 5.95 Å². The van der Waals surface area contributed by atoms with Gasteiger partial charge in [-0.15, -0.1) is 0 Å². The fraction of sp³-hybridized carbons (Fsp3) is 0.375. The second-order valence-electron chi connectivity index (χ2n) is 5.57. The number of nitrogens with one attached hydrogen (secondary N) is 2. The average molecular weight is 372 g/mol. The third-order valence-corrected chi connectivity index (χ3v) is 3.57. The first-order chi connectivity index (χ1) is 12.4. The quantitative estimate of drug-likeness (QED) is 0.787. The van der Waals surface area contributed by atoms with Crippen LogP contribution in [0.3, 0.4) is 0 Å². The summed E-state index contributed by atoms with van der Waals surface area (Å²) >= 11 is 0. The molecule has 6 nitrogen and oxygen atoms in total. The van der Waals surface area contributed by atoms with Crippen molar-refractivity contribution < 1.29 is 27.0 Å². The van der Waals surface area contributed by atoms with Gasteiger partial charge in [0.1, 0.15) is 5.82 Å². The first-order valence-electron chi connectivity index (χ1n) is 7.81. The van der Waals surface area contributed by atoms with E-state index in [-0.39, 0.29) is 23.5 Å². The molecule has 0 saturated carbocycles. The van der Waals surface area contributed by atoms with E-state index in [0.717, 1.165) is 18.9 Å². The number of rotatable bonds is 5. The molecular formula is C16H16F4N4O2. The van der Waals surface area contributed by atoms with E-state index in [0.29, 0.717) is 18.7 Å². The highest BCUT2D eigenvalue weighted by atomic mass is 19.4. The highest BCUT2D eigenvalue weighted by Gasteiger charge is 2.28. The van der Waals surface area contributed by atoms with Gasteiger partial charge in [-0.05, 0) is 17.7 Å². The number of anilines is 2. The topological polar surface area (TPSA) is 68.3 Å². The van der Waals surface area contributed by atoms with E-state index in [1.54, 1.807) is 6.07 Å². The molecule has 1 aromatic heterocycles. The summed E-state index contributed by atoms with van der Waals surface area (Å²) in [4.78, 5) is 7.62. The highest BCUT2D eigenvalue weighted by Crippen LogP contribution is 2.25. The van der Waals surface area contributed by atoms with Crippen LogP contribution in [-0.2, 0) is 4.74 Å². The molecule has 1 saturated heterocycles. The van der Waals surface area contributed by atoms with E-state index in [2.05, 4.69) is 25.3 Å². The maximum atomic E-state index is 14.3. The first kappa shape index (κ1) is 18.3. The first-order valence-corrected chi connectivity index (χ1v) is 7.81. The average Bonchev–Trinajstić information content (AvgIpc) is 2.63. The standard InChI is InChI=1S/C16H16F4N4O2/c17-12-5-10(14-8-21-3-4-25-14)1-2-13(12)24-15-22-6-11(7-23-15)26-9-16(18,19)20/h1-2,5-7,14,21H,3-4,8-9H2,(H,22,23,24)/t14-/m1/s1. The minimum atomic E-state index is -4.45. The Bertz CT molecular complexity index is 734. The summed E-state index contributed by atoms with van der Waals surface area (Å²) in [5.74, 6) is -0.616. The molecular weight excluding hydrogens is 356 g/mol. The second-order valence-corrected chi connectivity index (χ2v) is 5.57. The lowest BCUT2D eigenvalue weighted by Gasteiger charge is -2.24. The molecule has 2 N–H and O–H groups in total. The van der Waals surface area contributed by atoms with Gasteiger partial charge in [0.15, 0.2) is 12.4 Å². The van der Waals surface area contributed by atoms with Crippen LogP contribution < -0.4 is 15.4 Å². The summed E-state index contributed by atoms with van der Waals surface area (Å²) in [6, 6.07) is 4.62. The number of aromatic nitrogens is 2. The van der Waals surface area contributed by atoms with Crippen LogP contribution in [-0.4, -0.2) is 42.4 Å². The molecule has 0 bridgehead atoms. The van der Waals surface area contributed by atoms with Crippen molar-refractivity contribution in [2.45, 2.75) is 12.3 Å². The summed E-state index contributed by atoms with van der Waals surface area (Å²) in [6.45, 7) is 0.494. The van der Waals surface area contributed by atoms with Gasteiger partial charge in [0.25, 0.3) is 0 Å². The van der Waals surface area contributed by atoms with E-state index in [1.807, 2.05) is 0 Å². The number of halogens is 4. The van der Waals surface area contributed by atoms with Crippen molar-refractivity contribution in [2.75, 3.05) is 31.6 Å². The van der Waals surface area contributed by atoms with E-state index >= 15 is 0 Å². The number of alkyl halides is 3. The molecule has 140 valence electrons. The second kappa shape index (κ2) is 7.83. The van der Waals surface area contributed by atoms with Gasteiger partial charge in [-0.3, -0.25) is 0 Å². The number of hydrogen-bond acceptors (Lipinski definition) is 6. The molecule has 10 heteroatoms. The van der Waals surface area contributed by atoms with Gasteiger partial charge < -0.3 is 20.1 Å². The normalized spacial score (nSPS) is 17.8. The molecule has 3 rings (SSSR count). The molecule has 1 atom stereocenters. The van der Waals surface area contributed by atoms with Crippen LogP contribution in [0.15, 0.2) is 30.6 Å². The largest absolute Gasteiger partial charge is 0.481 e. The van der Waals surface area contributed by atoms with Crippen LogP contribution in [0.5, 0.6) is 5.75 Å². The molecule has 0 amide bonds. The number of nitrogens with zero attached hydrogens (tertiary/aromatic N) is 2. The van der Waals surface area contributed by atoms with Crippen LogP contribution in [0.1, 0.15) is 11.7 Å². The van der Waals surface area contributed by atoms with Crippen molar-refractivity contribution in [2.24, 2.45) is 0 Å². The van der Waals surface area contributed by atoms with Crippen LogP contribution in [0.4, 0.5) is 29.2 Å². The maximum Gasteiger partial charge on any atom is 0.422 e. The molecule has 26 heavy (non-hydrogen) atoms. The predicted molar refractivity (Wildman–Crippen MR) is 84.8 cm³/mol. The Labute approximate surface area is 146 Å². The third kappa shape index (κ3) is 5.02. The molecule has 2 heterocycles. The molecule has 1 aromatic carbocycles. The van der Waals surface area contributed by atoms with Gasteiger partial charge in [0.05, 0.1) is 30.8 Å². The van der Waals surface area contributed by atoms with Crippen LogP contribution in [0.2, 0.25) is 0 Å². The van der Waals surface area contributed by atoms with Gasteiger partial charge in [-0.25, -0.2) is 14.4 Å². The monoisotopic (exact) mass is 372 g/mol. The Morgan fingerprint density at radius 1 is 1.27 bits per heavy atom. The van der Waals surface area contributed by atoms with Crippen molar-refractivity contribution in [3.8, 4) is 5.75 Å². The Morgan fingerprint density at radius 3 is 2.65 bits per heavy atom. The number of benzene rings is 1. The summed E-state index contributed by atoms with van der Waals surface area (Å²) in [5.41, 5.74) is 0.846. The Kier molecular flexibility index (Phi) is 5.52. The lowest BCUT2D eigenvalue weighted by molar-refractivity contribution is -0.153. The zero-order valence-electron chi connectivity index (χ0n) is 13.5. The smallest absolute Gasteiger partial charge is 0.422 e. The van der Waals surface area contributed by atoms with Gasteiger partial charge >= 0.3 is 6.18 Å². The zero-order chi connectivity index (χ0) is 18.6. The van der Waals surface area contributed by atoms with Crippen molar-refractivity contribution in [3.63, 3.8) is 0 Å². The van der Waals surface area contributed by atoms with E-state index < -0.39 is 18.6 Å². The summed E-state index contributed by atoms with van der Waals surface area (Å²) in [5, 5.41) is 5.84. The van der Waals surface area contributed by atoms with Crippen LogP contribution in [0, 0.1) is 5.82 Å². The van der Waals surface area contributed by atoms with Crippen molar-refractivity contribution >= 4 is 11.6 Å². The fourth-order valence-electron chi connectivity index (χ4n) is 2.35. The van der Waals surface area contributed by atoms with Crippen molar-refractivity contribution in [1.29, 1.82) is 0 Å². The summed E-state index contributed by atoms with van der Waals surface area (Å²) in [7, 11) is 0. The SMILES string of the molecule is Fc1cc([C@H]2CNCCO2)ccc1Nc1ncc(OCC(F)(F)F)cn1. The molecule has 1 fully saturated rings.